The molecule has 3 rings (SSSR count). The Bertz CT molecular complexity index is 1340. The number of esters is 4. The van der Waals surface area contributed by atoms with E-state index >= 15 is 0 Å². The number of ether oxygens (including phenoxy) is 4. The van der Waals surface area contributed by atoms with E-state index in [1.54, 1.807) is 0 Å². The molecule has 0 aromatic heterocycles. The maximum Gasteiger partial charge on any atom is 0.337 e. The summed E-state index contributed by atoms with van der Waals surface area (Å²) in [6.45, 7) is 0. The highest BCUT2D eigenvalue weighted by molar-refractivity contribution is 6.10. The quantitative estimate of drug-likeness (QED) is 0.315. The van der Waals surface area contributed by atoms with Gasteiger partial charge in [-0.25, -0.2) is 19.2 Å². The minimum Gasteiger partial charge on any atom is -0.465 e. The van der Waals surface area contributed by atoms with Gasteiger partial charge >= 0.3 is 23.9 Å². The lowest BCUT2D eigenvalue weighted by Crippen LogP contribution is -2.17. The zero-order valence-electron chi connectivity index (χ0n) is 21.9. The van der Waals surface area contributed by atoms with Gasteiger partial charge in [-0.3, -0.25) is 9.59 Å². The molecule has 0 aliphatic rings. The Balaban J connectivity index is 1.86. The van der Waals surface area contributed by atoms with Crippen LogP contribution in [0.5, 0.6) is 0 Å². The van der Waals surface area contributed by atoms with E-state index in [4.69, 9.17) is 18.9 Å². The van der Waals surface area contributed by atoms with Crippen LogP contribution in [0.4, 0.5) is 11.4 Å². The van der Waals surface area contributed by atoms with E-state index in [9.17, 15) is 28.8 Å². The zero-order valence-corrected chi connectivity index (χ0v) is 21.9. The van der Waals surface area contributed by atoms with Crippen molar-refractivity contribution in [1.82, 2.24) is 0 Å². The van der Waals surface area contributed by atoms with Crippen LogP contribution >= 0.6 is 0 Å². The van der Waals surface area contributed by atoms with Crippen LogP contribution in [-0.2, 0) is 18.9 Å². The second-order valence-corrected chi connectivity index (χ2v) is 8.05. The van der Waals surface area contributed by atoms with Crippen molar-refractivity contribution in [2.24, 2.45) is 0 Å². The lowest BCUT2D eigenvalue weighted by molar-refractivity contribution is 0.0581. The predicted molar refractivity (Wildman–Crippen MR) is 141 cm³/mol. The molecule has 0 spiro atoms. The molecule has 0 fully saturated rings. The molecule has 12 nitrogen and oxygen atoms in total. The highest BCUT2D eigenvalue weighted by Crippen LogP contribution is 2.20. The number of nitrogens with one attached hydrogen (secondary N) is 2. The molecule has 206 valence electrons. The molecule has 0 atom stereocenters. The first-order valence-electron chi connectivity index (χ1n) is 11.5. The van der Waals surface area contributed by atoms with Gasteiger partial charge in [0, 0.05) is 22.5 Å². The number of hydrogen-bond donors (Lipinski definition) is 2. The lowest BCUT2D eigenvalue weighted by Gasteiger charge is -2.11. The second kappa shape index (κ2) is 12.8. The van der Waals surface area contributed by atoms with Crippen LogP contribution in [0.3, 0.4) is 0 Å². The first kappa shape index (κ1) is 29.0. The topological polar surface area (TPSA) is 163 Å². The molecule has 0 unspecified atom stereocenters. The van der Waals surface area contributed by atoms with E-state index in [0.29, 0.717) is 0 Å². The van der Waals surface area contributed by atoms with Crippen molar-refractivity contribution in [2.45, 2.75) is 0 Å². The summed E-state index contributed by atoms with van der Waals surface area (Å²) in [7, 11) is 4.68. The molecular formula is C28H24N2O10. The van der Waals surface area contributed by atoms with Crippen molar-refractivity contribution >= 4 is 47.1 Å². The molecule has 3 aromatic carbocycles. The predicted octanol–water partition coefficient (Wildman–Crippen LogP) is 3.34. The molecule has 40 heavy (non-hydrogen) atoms. The number of benzene rings is 3. The largest absolute Gasteiger partial charge is 0.465 e. The summed E-state index contributed by atoms with van der Waals surface area (Å²) in [5.74, 6) is -4.21. The summed E-state index contributed by atoms with van der Waals surface area (Å²) >= 11 is 0. The van der Waals surface area contributed by atoms with Crippen LogP contribution in [0.1, 0.15) is 62.1 Å². The van der Waals surface area contributed by atoms with Crippen molar-refractivity contribution in [3.05, 3.63) is 94.0 Å². The van der Waals surface area contributed by atoms with E-state index in [-0.39, 0.29) is 44.8 Å². The molecule has 0 aliphatic heterocycles. The first-order chi connectivity index (χ1) is 19.1. The smallest absolute Gasteiger partial charge is 0.337 e. The average molecular weight is 549 g/mol. The monoisotopic (exact) mass is 548 g/mol. The first-order valence-corrected chi connectivity index (χ1v) is 11.5. The Morgan fingerprint density at radius 2 is 0.725 bits per heavy atom. The molecule has 0 saturated heterocycles. The van der Waals surface area contributed by atoms with Gasteiger partial charge in [0.2, 0.25) is 0 Å². The summed E-state index contributed by atoms with van der Waals surface area (Å²) in [5, 5.41) is 5.15. The van der Waals surface area contributed by atoms with Gasteiger partial charge in [0.1, 0.15) is 0 Å². The number of carbonyl (C=O) groups is 6. The van der Waals surface area contributed by atoms with Gasteiger partial charge in [-0.05, 0) is 54.6 Å². The molecule has 0 heterocycles. The maximum absolute atomic E-state index is 13.0. The zero-order chi connectivity index (χ0) is 29.4. The van der Waals surface area contributed by atoms with E-state index < -0.39 is 35.7 Å². The third-order valence-corrected chi connectivity index (χ3v) is 5.45. The molecule has 0 radical (unpaired) electrons. The highest BCUT2D eigenvalue weighted by atomic mass is 16.5. The number of carbonyl (C=O) groups excluding carboxylic acids is 6. The SMILES string of the molecule is COC(=O)c1cc(NC(=O)c2cccc(C(=O)Nc3cc(C(=O)OC)cc(C(=O)OC)c3)c2)cc(C(=O)OC)c1. The van der Waals surface area contributed by atoms with Gasteiger partial charge in [-0.2, -0.15) is 0 Å². The number of rotatable bonds is 8. The number of anilines is 2. The van der Waals surface area contributed by atoms with Gasteiger partial charge < -0.3 is 29.6 Å². The fourth-order valence-electron chi connectivity index (χ4n) is 3.55. The summed E-state index contributed by atoms with van der Waals surface area (Å²) in [6, 6.07) is 13.5. The van der Waals surface area contributed by atoms with Gasteiger partial charge in [0.15, 0.2) is 0 Å². The fourth-order valence-corrected chi connectivity index (χ4v) is 3.55. The van der Waals surface area contributed by atoms with Crippen LogP contribution < -0.4 is 10.6 Å². The van der Waals surface area contributed by atoms with Gasteiger partial charge in [0.05, 0.1) is 50.7 Å². The van der Waals surface area contributed by atoms with Crippen LogP contribution in [0.15, 0.2) is 60.7 Å². The third kappa shape index (κ3) is 6.86. The van der Waals surface area contributed by atoms with Crippen molar-refractivity contribution < 1.29 is 47.7 Å². The molecule has 2 N–H and O–H groups in total. The van der Waals surface area contributed by atoms with E-state index in [0.717, 1.165) is 0 Å². The summed E-state index contributed by atoms with van der Waals surface area (Å²) in [6.07, 6.45) is 0. The Morgan fingerprint density at radius 3 is 1.00 bits per heavy atom. The average Bonchev–Trinajstić information content (AvgIpc) is 2.98. The van der Waals surface area contributed by atoms with Gasteiger partial charge in [-0.1, -0.05) is 6.07 Å². The normalized spacial score (nSPS) is 10.1. The number of hydrogen-bond acceptors (Lipinski definition) is 10. The maximum atomic E-state index is 13.0. The third-order valence-electron chi connectivity index (χ3n) is 5.45. The summed E-state index contributed by atoms with van der Waals surface area (Å²) in [5.41, 5.74) is 0.409. The lowest BCUT2D eigenvalue weighted by atomic mass is 10.1. The summed E-state index contributed by atoms with van der Waals surface area (Å²) in [4.78, 5) is 74.0. The van der Waals surface area contributed by atoms with Crippen LogP contribution in [0, 0.1) is 0 Å². The standard InChI is InChI=1S/C28H24N2O10/c1-37-25(33)17-9-18(26(34)38-2)12-21(11-17)29-23(31)15-6-5-7-16(8-15)24(32)30-22-13-19(27(35)39-3)10-20(14-22)28(36)40-4/h5-14H,1-4H3,(H,29,31)(H,30,32). The van der Waals surface area contributed by atoms with Crippen molar-refractivity contribution in [1.29, 1.82) is 0 Å². The fraction of sp³-hybridized carbons (Fsp3) is 0.143. The molecule has 2 amide bonds. The van der Waals surface area contributed by atoms with Crippen LogP contribution in [0.25, 0.3) is 0 Å². The van der Waals surface area contributed by atoms with E-state index in [1.807, 2.05) is 0 Å². The molecule has 0 saturated carbocycles. The molecule has 12 heteroatoms. The second-order valence-electron chi connectivity index (χ2n) is 8.05. The molecular weight excluding hydrogens is 524 g/mol. The van der Waals surface area contributed by atoms with Gasteiger partial charge in [-0.15, -0.1) is 0 Å². The highest BCUT2D eigenvalue weighted by Gasteiger charge is 2.18. The summed E-state index contributed by atoms with van der Waals surface area (Å²) < 4.78 is 18.8. The Kier molecular flexibility index (Phi) is 9.31. The number of amides is 2. The van der Waals surface area contributed by atoms with Crippen LogP contribution in [-0.4, -0.2) is 64.1 Å². The van der Waals surface area contributed by atoms with Crippen molar-refractivity contribution in [2.75, 3.05) is 39.1 Å². The van der Waals surface area contributed by atoms with Crippen LogP contribution in [0.2, 0.25) is 0 Å². The molecule has 3 aromatic rings. The molecule has 0 aliphatic carbocycles. The van der Waals surface area contributed by atoms with Gasteiger partial charge in [0.25, 0.3) is 11.8 Å². The minimum atomic E-state index is -0.730. The Labute approximate surface area is 228 Å². The van der Waals surface area contributed by atoms with Crippen molar-refractivity contribution in [3.8, 4) is 0 Å². The minimum absolute atomic E-state index is 0.00865. The number of methoxy groups -OCH3 is 4. The Morgan fingerprint density at radius 1 is 0.450 bits per heavy atom. The Hall–Kier alpha value is -5.52. The molecule has 0 bridgehead atoms. The van der Waals surface area contributed by atoms with Crippen molar-refractivity contribution in [3.63, 3.8) is 0 Å². The van der Waals surface area contributed by atoms with E-state index in [2.05, 4.69) is 10.6 Å². The van der Waals surface area contributed by atoms with E-state index in [1.165, 1.54) is 89.1 Å².